The number of rotatable bonds is 5. The number of hydrogen-bond acceptors (Lipinski definition) is 6. The highest BCUT2D eigenvalue weighted by molar-refractivity contribution is 7.19. The van der Waals surface area contributed by atoms with E-state index >= 15 is 0 Å². The number of aryl methyl sites for hydroxylation is 1. The predicted octanol–water partition coefficient (Wildman–Crippen LogP) is 4.48. The molecule has 1 amide bonds. The normalized spacial score (nSPS) is 16.7. The van der Waals surface area contributed by atoms with Crippen LogP contribution in [0.15, 0.2) is 36.5 Å². The summed E-state index contributed by atoms with van der Waals surface area (Å²) in [6, 6.07) is 9.66. The summed E-state index contributed by atoms with van der Waals surface area (Å²) >= 11 is 1.78. The molecule has 1 aliphatic rings. The number of hydrogen-bond donors (Lipinski definition) is 1. The molecule has 0 bridgehead atoms. The lowest BCUT2D eigenvalue weighted by atomic mass is 9.96. The first-order valence-corrected chi connectivity index (χ1v) is 10.5. The van der Waals surface area contributed by atoms with Crippen molar-refractivity contribution in [1.29, 1.82) is 0 Å². The van der Waals surface area contributed by atoms with Crippen molar-refractivity contribution in [2.75, 3.05) is 37.5 Å². The fourth-order valence-corrected chi connectivity index (χ4v) is 4.78. The average molecular weight is 412 g/mol. The minimum atomic E-state index is -0.0892. The van der Waals surface area contributed by atoms with Crippen LogP contribution in [0.1, 0.15) is 17.7 Å². The molecule has 152 valence electrons. The van der Waals surface area contributed by atoms with Gasteiger partial charge in [0.15, 0.2) is 11.5 Å². The second-order valence-corrected chi connectivity index (χ2v) is 8.54. The summed E-state index contributed by atoms with van der Waals surface area (Å²) in [5.41, 5.74) is 0.707. The number of benzene rings is 1. The fraction of sp³-hybridized carbons (Fsp3) is 0.364. The molecular formula is C22H25N3O3S. The average Bonchev–Trinajstić information content (AvgIpc) is 3.13. The van der Waals surface area contributed by atoms with Gasteiger partial charge in [0.25, 0.3) is 0 Å². The highest BCUT2D eigenvalue weighted by atomic mass is 32.1. The van der Waals surface area contributed by atoms with Crippen LogP contribution in [0.25, 0.3) is 10.1 Å². The van der Waals surface area contributed by atoms with Gasteiger partial charge < -0.3 is 19.7 Å². The fourth-order valence-electron chi connectivity index (χ4n) is 3.87. The molecule has 4 rings (SSSR count). The maximum absolute atomic E-state index is 12.9. The van der Waals surface area contributed by atoms with E-state index in [0.717, 1.165) is 25.2 Å². The predicted molar refractivity (Wildman–Crippen MR) is 117 cm³/mol. The summed E-state index contributed by atoms with van der Waals surface area (Å²) in [5, 5.41) is 4.21. The quantitative estimate of drug-likeness (QED) is 0.671. The van der Waals surface area contributed by atoms with Crippen molar-refractivity contribution in [3.63, 3.8) is 0 Å². The number of aromatic nitrogens is 1. The highest BCUT2D eigenvalue weighted by Crippen LogP contribution is 2.34. The Morgan fingerprint density at radius 2 is 2.03 bits per heavy atom. The van der Waals surface area contributed by atoms with E-state index in [2.05, 4.69) is 34.3 Å². The number of carbonyl (C=O) groups is 1. The number of piperidine rings is 1. The van der Waals surface area contributed by atoms with E-state index in [0.29, 0.717) is 23.7 Å². The Kier molecular flexibility index (Phi) is 5.58. The van der Waals surface area contributed by atoms with Crippen LogP contribution in [-0.4, -0.2) is 38.2 Å². The first-order valence-electron chi connectivity index (χ1n) is 9.72. The number of pyridine rings is 1. The molecule has 1 aliphatic heterocycles. The van der Waals surface area contributed by atoms with Gasteiger partial charge in [-0.1, -0.05) is 0 Å². The smallest absolute Gasteiger partial charge is 0.229 e. The summed E-state index contributed by atoms with van der Waals surface area (Å²) in [6.07, 6.45) is 3.69. The zero-order valence-electron chi connectivity index (χ0n) is 16.9. The largest absolute Gasteiger partial charge is 0.493 e. The van der Waals surface area contributed by atoms with Crippen LogP contribution in [0.5, 0.6) is 11.5 Å². The van der Waals surface area contributed by atoms with Crippen molar-refractivity contribution in [3.8, 4) is 11.5 Å². The van der Waals surface area contributed by atoms with Crippen LogP contribution in [0.4, 0.5) is 11.5 Å². The molecule has 7 heteroatoms. The van der Waals surface area contributed by atoms with Gasteiger partial charge in [-0.2, -0.15) is 0 Å². The number of anilines is 2. The molecule has 0 unspecified atom stereocenters. The first kappa shape index (κ1) is 19.5. The van der Waals surface area contributed by atoms with Crippen molar-refractivity contribution in [1.82, 2.24) is 4.98 Å². The van der Waals surface area contributed by atoms with Gasteiger partial charge in [-0.3, -0.25) is 4.79 Å². The molecule has 0 aliphatic carbocycles. The third kappa shape index (κ3) is 4.00. The molecule has 1 saturated heterocycles. The van der Waals surface area contributed by atoms with Gasteiger partial charge in [0.2, 0.25) is 5.91 Å². The Balaban J connectivity index is 1.50. The topological polar surface area (TPSA) is 63.7 Å². The Bertz CT molecular complexity index is 1030. The third-order valence-electron chi connectivity index (χ3n) is 5.29. The zero-order chi connectivity index (χ0) is 20.4. The lowest BCUT2D eigenvalue weighted by Gasteiger charge is -2.33. The molecule has 0 radical (unpaired) electrons. The van der Waals surface area contributed by atoms with Crippen LogP contribution in [0.3, 0.4) is 0 Å². The van der Waals surface area contributed by atoms with E-state index in [1.54, 1.807) is 37.7 Å². The molecule has 0 spiro atoms. The number of amides is 1. The van der Waals surface area contributed by atoms with Crippen LogP contribution in [0, 0.1) is 12.8 Å². The van der Waals surface area contributed by atoms with Crippen molar-refractivity contribution in [2.24, 2.45) is 5.92 Å². The molecule has 0 saturated carbocycles. The van der Waals surface area contributed by atoms with E-state index in [4.69, 9.17) is 9.47 Å². The van der Waals surface area contributed by atoms with E-state index < -0.39 is 0 Å². The molecule has 1 fully saturated rings. The van der Waals surface area contributed by atoms with Crippen molar-refractivity contribution in [3.05, 3.63) is 41.4 Å². The number of nitrogens with one attached hydrogen (secondary N) is 1. The monoisotopic (exact) mass is 411 g/mol. The van der Waals surface area contributed by atoms with Crippen molar-refractivity contribution >= 4 is 38.8 Å². The molecule has 1 atom stereocenters. The summed E-state index contributed by atoms with van der Waals surface area (Å²) in [6.45, 7) is 3.70. The number of fused-ring (bicyclic) bond motifs is 1. The Labute approximate surface area is 174 Å². The molecule has 2 aromatic heterocycles. The zero-order valence-corrected chi connectivity index (χ0v) is 17.7. The van der Waals surface area contributed by atoms with Gasteiger partial charge in [0, 0.05) is 46.0 Å². The number of carbonyl (C=O) groups excluding carboxylic acids is 1. The van der Waals surface area contributed by atoms with Crippen molar-refractivity contribution in [2.45, 2.75) is 19.8 Å². The standard InChI is InChI=1S/C22H25N3O3S/c1-14-11-17-20(29-14)8-9-23-21(17)25-10-4-5-15(13-25)22(26)24-16-6-7-18(27-2)19(12-16)28-3/h6-9,11-12,15H,4-5,10,13H2,1-3H3,(H,24,26)/t15-/m0/s1. The molecule has 1 aromatic carbocycles. The number of thiophene rings is 1. The second-order valence-electron chi connectivity index (χ2n) is 7.25. The van der Waals surface area contributed by atoms with Gasteiger partial charge in [0.05, 0.1) is 20.1 Å². The molecular weight excluding hydrogens is 386 g/mol. The minimum absolute atomic E-state index is 0.0237. The Morgan fingerprint density at radius 3 is 2.83 bits per heavy atom. The third-order valence-corrected chi connectivity index (χ3v) is 6.31. The number of ether oxygens (including phenoxy) is 2. The molecule has 3 aromatic rings. The van der Waals surface area contributed by atoms with E-state index in [9.17, 15) is 4.79 Å². The highest BCUT2D eigenvalue weighted by Gasteiger charge is 2.27. The SMILES string of the molecule is COc1ccc(NC(=O)[C@H]2CCCN(c3nccc4sc(C)cc34)C2)cc1OC. The van der Waals surface area contributed by atoms with Crippen molar-refractivity contribution < 1.29 is 14.3 Å². The summed E-state index contributed by atoms with van der Waals surface area (Å²) in [4.78, 5) is 21.1. The van der Waals surface area contributed by atoms with E-state index in [-0.39, 0.29) is 11.8 Å². The second kappa shape index (κ2) is 8.29. The summed E-state index contributed by atoms with van der Waals surface area (Å²) in [5.74, 6) is 2.15. The molecule has 6 nitrogen and oxygen atoms in total. The van der Waals surface area contributed by atoms with Gasteiger partial charge in [-0.25, -0.2) is 4.98 Å². The number of nitrogens with zero attached hydrogens (tertiary/aromatic N) is 2. The van der Waals surface area contributed by atoms with Gasteiger partial charge in [-0.05, 0) is 44.0 Å². The Morgan fingerprint density at radius 1 is 1.21 bits per heavy atom. The van der Waals surface area contributed by atoms with Gasteiger partial charge in [-0.15, -0.1) is 11.3 Å². The molecule has 3 heterocycles. The molecule has 29 heavy (non-hydrogen) atoms. The lowest BCUT2D eigenvalue weighted by Crippen LogP contribution is -2.41. The summed E-state index contributed by atoms with van der Waals surface area (Å²) < 4.78 is 11.8. The first-order chi connectivity index (χ1) is 14.1. The maximum Gasteiger partial charge on any atom is 0.229 e. The minimum Gasteiger partial charge on any atom is -0.493 e. The lowest BCUT2D eigenvalue weighted by molar-refractivity contribution is -0.120. The van der Waals surface area contributed by atoms with E-state index in [1.807, 2.05) is 12.3 Å². The Hall–Kier alpha value is -2.80. The summed E-state index contributed by atoms with van der Waals surface area (Å²) in [7, 11) is 3.18. The molecule has 1 N–H and O–H groups in total. The van der Waals surface area contributed by atoms with Crippen LogP contribution in [-0.2, 0) is 4.79 Å². The van der Waals surface area contributed by atoms with Gasteiger partial charge in [0.1, 0.15) is 5.82 Å². The number of methoxy groups -OCH3 is 2. The van der Waals surface area contributed by atoms with E-state index in [1.165, 1.54) is 15.0 Å². The van der Waals surface area contributed by atoms with Crippen LogP contribution < -0.4 is 19.7 Å². The van der Waals surface area contributed by atoms with Crippen LogP contribution in [0.2, 0.25) is 0 Å². The van der Waals surface area contributed by atoms with Gasteiger partial charge >= 0.3 is 0 Å². The van der Waals surface area contributed by atoms with Crippen LogP contribution >= 0.6 is 11.3 Å². The maximum atomic E-state index is 12.9.